The number of halogens is 2. The first-order chi connectivity index (χ1) is 11.3. The van der Waals surface area contributed by atoms with Crippen molar-refractivity contribution in [3.05, 3.63) is 63.6 Å². The number of ether oxygens (including phenoxy) is 1. The van der Waals surface area contributed by atoms with Crippen molar-refractivity contribution < 1.29 is 9.53 Å². The van der Waals surface area contributed by atoms with Crippen LogP contribution in [0.1, 0.15) is 30.9 Å². The topological polar surface area (TPSA) is 26.3 Å². The summed E-state index contributed by atoms with van der Waals surface area (Å²) in [7, 11) is 1.61. The summed E-state index contributed by atoms with van der Waals surface area (Å²) in [5.41, 5.74) is 1.96. The Morgan fingerprint density at radius 1 is 1.08 bits per heavy atom. The molecular formula is C20H20Cl2O2. The molecule has 0 heterocycles. The van der Waals surface area contributed by atoms with Crippen LogP contribution >= 0.6 is 23.2 Å². The second-order valence-corrected chi connectivity index (χ2v) is 7.80. The minimum atomic E-state index is -0.0449. The van der Waals surface area contributed by atoms with Gasteiger partial charge in [0.1, 0.15) is 11.5 Å². The third-order valence-corrected chi connectivity index (χ3v) is 5.50. The first kappa shape index (κ1) is 17.3. The van der Waals surface area contributed by atoms with Crippen LogP contribution in [0.25, 0.3) is 0 Å². The van der Waals surface area contributed by atoms with Crippen molar-refractivity contribution in [2.24, 2.45) is 11.3 Å². The van der Waals surface area contributed by atoms with E-state index in [0.29, 0.717) is 22.2 Å². The molecule has 4 heteroatoms. The predicted octanol–water partition coefficient (Wildman–Crippen LogP) is 5.55. The van der Waals surface area contributed by atoms with Crippen molar-refractivity contribution in [3.63, 3.8) is 0 Å². The Labute approximate surface area is 152 Å². The molecule has 3 rings (SSSR count). The highest BCUT2D eigenvalue weighted by atomic mass is 35.5. The third-order valence-electron chi connectivity index (χ3n) is 5.01. The van der Waals surface area contributed by atoms with Crippen molar-refractivity contribution in [3.8, 4) is 5.75 Å². The molecule has 1 saturated carbocycles. The first-order valence-corrected chi connectivity index (χ1v) is 8.70. The van der Waals surface area contributed by atoms with Gasteiger partial charge in [0.25, 0.3) is 0 Å². The average molecular weight is 363 g/mol. The Morgan fingerprint density at radius 2 is 1.71 bits per heavy atom. The Kier molecular flexibility index (Phi) is 4.63. The first-order valence-electron chi connectivity index (χ1n) is 7.95. The molecule has 2 aromatic carbocycles. The third kappa shape index (κ3) is 3.18. The van der Waals surface area contributed by atoms with Gasteiger partial charge in [0.2, 0.25) is 0 Å². The lowest BCUT2D eigenvalue weighted by Crippen LogP contribution is -2.10. The van der Waals surface area contributed by atoms with E-state index < -0.39 is 0 Å². The Balaban J connectivity index is 1.81. The van der Waals surface area contributed by atoms with Crippen LogP contribution in [0.3, 0.4) is 0 Å². The maximum absolute atomic E-state index is 12.9. The van der Waals surface area contributed by atoms with Crippen molar-refractivity contribution in [1.82, 2.24) is 0 Å². The highest BCUT2D eigenvalue weighted by Crippen LogP contribution is 2.65. The van der Waals surface area contributed by atoms with Gasteiger partial charge in [-0.3, -0.25) is 4.79 Å². The highest BCUT2D eigenvalue weighted by molar-refractivity contribution is 6.30. The predicted molar refractivity (Wildman–Crippen MR) is 98.2 cm³/mol. The van der Waals surface area contributed by atoms with Crippen molar-refractivity contribution in [1.29, 1.82) is 0 Å². The summed E-state index contributed by atoms with van der Waals surface area (Å²) in [4.78, 5) is 12.9. The lowest BCUT2D eigenvalue weighted by molar-refractivity contribution is -0.120. The van der Waals surface area contributed by atoms with E-state index in [-0.39, 0.29) is 23.0 Å². The molecule has 0 amide bonds. The van der Waals surface area contributed by atoms with Gasteiger partial charge in [-0.05, 0) is 47.2 Å². The maximum Gasteiger partial charge on any atom is 0.141 e. The van der Waals surface area contributed by atoms with E-state index >= 15 is 0 Å². The second kappa shape index (κ2) is 6.42. The summed E-state index contributed by atoms with van der Waals surface area (Å²) in [6.45, 7) is 4.29. The van der Waals surface area contributed by atoms with Crippen LogP contribution < -0.4 is 4.74 Å². The SMILES string of the molecule is COc1ccc(Cl)cc1CC(=O)[C@@H]1[C@@H](c2ccc(Cl)cc2)C1(C)C. The summed E-state index contributed by atoms with van der Waals surface area (Å²) in [5.74, 6) is 1.16. The smallest absolute Gasteiger partial charge is 0.141 e. The Bertz CT molecular complexity index is 766. The number of ketones is 1. The van der Waals surface area contributed by atoms with E-state index in [1.807, 2.05) is 30.3 Å². The highest BCUT2D eigenvalue weighted by Gasteiger charge is 2.61. The van der Waals surface area contributed by atoms with Crippen LogP contribution in [0.15, 0.2) is 42.5 Å². The van der Waals surface area contributed by atoms with Gasteiger partial charge < -0.3 is 4.74 Å². The molecule has 2 atom stereocenters. The quantitative estimate of drug-likeness (QED) is 0.696. The second-order valence-electron chi connectivity index (χ2n) is 6.93. The lowest BCUT2D eigenvalue weighted by Gasteiger charge is -2.09. The van der Waals surface area contributed by atoms with Gasteiger partial charge in [-0.25, -0.2) is 0 Å². The summed E-state index contributed by atoms with van der Waals surface area (Å²) < 4.78 is 5.35. The molecule has 1 fully saturated rings. The van der Waals surface area contributed by atoms with Gasteiger partial charge >= 0.3 is 0 Å². The number of rotatable bonds is 5. The molecular weight excluding hydrogens is 343 g/mol. The summed E-state index contributed by atoms with van der Waals surface area (Å²) in [6, 6.07) is 13.2. The zero-order valence-corrected chi connectivity index (χ0v) is 15.5. The largest absolute Gasteiger partial charge is 0.496 e. The van der Waals surface area contributed by atoms with Gasteiger partial charge in [-0.15, -0.1) is 0 Å². The normalized spacial score (nSPS) is 21.4. The lowest BCUT2D eigenvalue weighted by atomic mass is 10.0. The van der Waals surface area contributed by atoms with E-state index in [9.17, 15) is 4.79 Å². The molecule has 0 N–H and O–H groups in total. The number of carbonyl (C=O) groups is 1. The molecule has 0 aromatic heterocycles. The Morgan fingerprint density at radius 3 is 2.33 bits per heavy atom. The van der Waals surface area contributed by atoms with Gasteiger partial charge in [0.15, 0.2) is 0 Å². The van der Waals surface area contributed by atoms with Crippen molar-refractivity contribution in [2.75, 3.05) is 7.11 Å². The molecule has 0 radical (unpaired) electrons. The zero-order valence-electron chi connectivity index (χ0n) is 14.0. The standard InChI is InChI=1S/C20H20Cl2O2/c1-20(2)18(12-4-6-14(21)7-5-12)19(20)16(23)11-13-10-15(22)8-9-17(13)24-3/h4-10,18-19H,11H2,1-3H3/t18-,19-/m1/s1. The van der Waals surface area contributed by atoms with Gasteiger partial charge in [-0.1, -0.05) is 49.2 Å². The number of methoxy groups -OCH3 is 1. The molecule has 2 nitrogen and oxygen atoms in total. The van der Waals surface area contributed by atoms with E-state index in [1.54, 1.807) is 19.2 Å². The molecule has 0 unspecified atom stereocenters. The van der Waals surface area contributed by atoms with Crippen molar-refractivity contribution in [2.45, 2.75) is 26.2 Å². The summed E-state index contributed by atoms with van der Waals surface area (Å²) >= 11 is 12.0. The molecule has 0 aliphatic heterocycles. The molecule has 126 valence electrons. The fourth-order valence-corrected chi connectivity index (χ4v) is 4.03. The van der Waals surface area contributed by atoms with Gasteiger partial charge in [0, 0.05) is 27.9 Å². The molecule has 2 aromatic rings. The van der Waals surface area contributed by atoms with Crippen molar-refractivity contribution >= 4 is 29.0 Å². The van der Waals surface area contributed by atoms with Crippen LogP contribution in [-0.2, 0) is 11.2 Å². The van der Waals surface area contributed by atoms with E-state index in [2.05, 4.69) is 13.8 Å². The van der Waals surface area contributed by atoms with Crippen LogP contribution in [0.2, 0.25) is 10.0 Å². The number of benzene rings is 2. The number of carbonyl (C=O) groups excluding carboxylic acids is 1. The number of hydrogen-bond donors (Lipinski definition) is 0. The molecule has 0 bridgehead atoms. The minimum Gasteiger partial charge on any atom is -0.496 e. The molecule has 0 saturated heterocycles. The van der Waals surface area contributed by atoms with Crippen LogP contribution in [0.4, 0.5) is 0 Å². The van der Waals surface area contributed by atoms with Crippen LogP contribution in [-0.4, -0.2) is 12.9 Å². The average Bonchev–Trinajstić information content (AvgIpc) is 3.11. The molecule has 24 heavy (non-hydrogen) atoms. The van der Waals surface area contributed by atoms with Gasteiger partial charge in [-0.2, -0.15) is 0 Å². The molecule has 1 aliphatic rings. The summed E-state index contributed by atoms with van der Waals surface area (Å²) in [5, 5.41) is 1.33. The maximum atomic E-state index is 12.9. The van der Waals surface area contributed by atoms with E-state index in [4.69, 9.17) is 27.9 Å². The van der Waals surface area contributed by atoms with Crippen LogP contribution in [0.5, 0.6) is 5.75 Å². The molecule has 0 spiro atoms. The van der Waals surface area contributed by atoms with E-state index in [1.165, 1.54) is 5.56 Å². The monoisotopic (exact) mass is 362 g/mol. The minimum absolute atomic E-state index is 0.00219. The number of hydrogen-bond acceptors (Lipinski definition) is 2. The number of Topliss-reactive ketones (excluding diaryl/α,β-unsaturated/α-hetero) is 1. The van der Waals surface area contributed by atoms with Crippen LogP contribution in [0, 0.1) is 11.3 Å². The molecule has 1 aliphatic carbocycles. The fraction of sp³-hybridized carbons (Fsp3) is 0.350. The van der Waals surface area contributed by atoms with E-state index in [0.717, 1.165) is 5.56 Å². The fourth-order valence-electron chi connectivity index (χ4n) is 3.71. The Hall–Kier alpha value is -1.51. The zero-order chi connectivity index (χ0) is 17.5. The van der Waals surface area contributed by atoms with Gasteiger partial charge in [0.05, 0.1) is 7.11 Å². The summed E-state index contributed by atoms with van der Waals surface area (Å²) in [6.07, 6.45) is 0.335.